The van der Waals surface area contributed by atoms with Gasteiger partial charge < -0.3 is 4.74 Å². The normalized spacial score (nSPS) is 12.5. The summed E-state index contributed by atoms with van der Waals surface area (Å²) < 4.78 is 70.8. The second kappa shape index (κ2) is 8.29. The van der Waals surface area contributed by atoms with Crippen molar-refractivity contribution in [2.75, 3.05) is 12.4 Å². The standard InChI is InChI=1S/C20H20F3N3O4S/c1-4-31(28,29)17-8-15(30-11-12(2)3)10-24-18(17)26-19(27)16-7-14(20(21,22)23)6-5-13(16)9-25-26/h5-10,12H,4,11H2,1-3H3. The SMILES string of the molecule is CCS(=O)(=O)c1cc(OCC(C)C)cnc1-n1ncc2ccc(C(F)(F)F)cc2c1=O. The molecule has 0 saturated carbocycles. The summed E-state index contributed by atoms with van der Waals surface area (Å²) in [4.78, 5) is 16.7. The number of halogens is 3. The molecule has 0 aliphatic carbocycles. The molecular weight excluding hydrogens is 435 g/mol. The Kier molecular flexibility index (Phi) is 6.08. The highest BCUT2D eigenvalue weighted by atomic mass is 32.2. The maximum Gasteiger partial charge on any atom is 0.416 e. The molecule has 0 saturated heterocycles. The first-order chi connectivity index (χ1) is 14.4. The van der Waals surface area contributed by atoms with Gasteiger partial charge in [-0.2, -0.15) is 23.0 Å². The molecule has 1 aromatic carbocycles. The first-order valence-corrected chi connectivity index (χ1v) is 11.0. The number of alkyl halides is 3. The van der Waals surface area contributed by atoms with Crippen molar-refractivity contribution >= 4 is 20.6 Å². The summed E-state index contributed by atoms with van der Waals surface area (Å²) in [6.45, 7) is 5.58. The molecule has 0 unspecified atom stereocenters. The molecule has 31 heavy (non-hydrogen) atoms. The number of aromatic nitrogens is 3. The summed E-state index contributed by atoms with van der Waals surface area (Å²) in [5.41, 5.74) is -1.92. The first kappa shape index (κ1) is 22.7. The predicted octanol–water partition coefficient (Wildman–Crippen LogP) is 3.63. The number of rotatable bonds is 6. The van der Waals surface area contributed by atoms with Crippen molar-refractivity contribution in [3.05, 3.63) is 52.6 Å². The zero-order chi connectivity index (χ0) is 23.0. The molecule has 3 aromatic rings. The van der Waals surface area contributed by atoms with Gasteiger partial charge in [-0.05, 0) is 18.1 Å². The minimum absolute atomic E-state index is 0.179. The van der Waals surface area contributed by atoms with Gasteiger partial charge in [0, 0.05) is 11.5 Å². The van der Waals surface area contributed by atoms with Gasteiger partial charge in [0.1, 0.15) is 10.6 Å². The molecule has 0 aliphatic rings. The highest BCUT2D eigenvalue weighted by Gasteiger charge is 2.31. The molecule has 2 heterocycles. The molecule has 0 fully saturated rings. The van der Waals surface area contributed by atoms with Crippen LogP contribution in [-0.2, 0) is 16.0 Å². The fraction of sp³-hybridized carbons (Fsp3) is 0.350. The second-order valence-electron chi connectivity index (χ2n) is 7.26. The first-order valence-electron chi connectivity index (χ1n) is 9.39. The molecule has 7 nitrogen and oxygen atoms in total. The van der Waals surface area contributed by atoms with Crippen molar-refractivity contribution in [1.29, 1.82) is 0 Å². The molecule has 166 valence electrons. The van der Waals surface area contributed by atoms with E-state index in [2.05, 4.69) is 10.1 Å². The predicted molar refractivity (Wildman–Crippen MR) is 108 cm³/mol. The van der Waals surface area contributed by atoms with Crippen LogP contribution in [0.3, 0.4) is 0 Å². The van der Waals surface area contributed by atoms with E-state index in [1.807, 2.05) is 13.8 Å². The average molecular weight is 455 g/mol. The van der Waals surface area contributed by atoms with E-state index in [-0.39, 0.29) is 38.9 Å². The zero-order valence-electron chi connectivity index (χ0n) is 17.0. The van der Waals surface area contributed by atoms with Crippen LogP contribution in [0.5, 0.6) is 5.75 Å². The van der Waals surface area contributed by atoms with E-state index in [9.17, 15) is 26.4 Å². The van der Waals surface area contributed by atoms with Gasteiger partial charge in [-0.1, -0.05) is 26.8 Å². The lowest BCUT2D eigenvalue weighted by molar-refractivity contribution is -0.137. The Morgan fingerprint density at radius 2 is 1.87 bits per heavy atom. The fourth-order valence-corrected chi connectivity index (χ4v) is 3.80. The molecule has 0 bridgehead atoms. The van der Waals surface area contributed by atoms with Crippen LogP contribution in [0.15, 0.2) is 46.3 Å². The fourth-order valence-electron chi connectivity index (χ4n) is 2.77. The van der Waals surface area contributed by atoms with Crippen molar-refractivity contribution in [1.82, 2.24) is 14.8 Å². The highest BCUT2D eigenvalue weighted by Crippen LogP contribution is 2.31. The van der Waals surface area contributed by atoms with Crippen molar-refractivity contribution in [2.45, 2.75) is 31.8 Å². The van der Waals surface area contributed by atoms with E-state index in [0.717, 1.165) is 12.1 Å². The summed E-state index contributed by atoms with van der Waals surface area (Å²) in [5, 5.41) is 3.86. The molecule has 0 spiro atoms. The maximum atomic E-state index is 13.1. The highest BCUT2D eigenvalue weighted by molar-refractivity contribution is 7.91. The van der Waals surface area contributed by atoms with Crippen molar-refractivity contribution in [3.8, 4) is 11.6 Å². The molecule has 0 atom stereocenters. The number of fused-ring (bicyclic) bond motifs is 1. The monoisotopic (exact) mass is 455 g/mol. The third kappa shape index (κ3) is 4.71. The van der Waals surface area contributed by atoms with E-state index in [0.29, 0.717) is 17.4 Å². The van der Waals surface area contributed by atoms with E-state index >= 15 is 0 Å². The quantitative estimate of drug-likeness (QED) is 0.564. The molecular formula is C20H20F3N3O4S. The van der Waals surface area contributed by atoms with Crippen LogP contribution in [0, 0.1) is 5.92 Å². The minimum atomic E-state index is -4.64. The number of nitrogens with zero attached hydrogens (tertiary/aromatic N) is 3. The molecule has 0 N–H and O–H groups in total. The zero-order valence-corrected chi connectivity index (χ0v) is 17.8. The van der Waals surface area contributed by atoms with Crippen LogP contribution >= 0.6 is 0 Å². The molecule has 3 rings (SSSR count). The minimum Gasteiger partial charge on any atom is -0.492 e. The van der Waals surface area contributed by atoms with Gasteiger partial charge in [0.05, 0.1) is 35.7 Å². The molecule has 2 aromatic heterocycles. The van der Waals surface area contributed by atoms with Gasteiger partial charge in [-0.15, -0.1) is 0 Å². The Labute approximate surface area is 176 Å². The van der Waals surface area contributed by atoms with Gasteiger partial charge >= 0.3 is 6.18 Å². The molecule has 0 amide bonds. The van der Waals surface area contributed by atoms with Crippen molar-refractivity contribution in [3.63, 3.8) is 0 Å². The van der Waals surface area contributed by atoms with Crippen molar-refractivity contribution in [2.24, 2.45) is 5.92 Å². The summed E-state index contributed by atoms with van der Waals surface area (Å²) in [5.74, 6) is -0.213. The largest absolute Gasteiger partial charge is 0.492 e. The van der Waals surface area contributed by atoms with E-state index < -0.39 is 27.1 Å². The second-order valence-corrected chi connectivity index (χ2v) is 9.51. The summed E-state index contributed by atoms with van der Waals surface area (Å²) >= 11 is 0. The van der Waals surface area contributed by atoms with Crippen LogP contribution in [0.25, 0.3) is 16.6 Å². The lowest BCUT2D eigenvalue weighted by atomic mass is 10.1. The number of sulfone groups is 1. The Bertz CT molecular complexity index is 1290. The number of benzene rings is 1. The van der Waals surface area contributed by atoms with Crippen LogP contribution in [-0.4, -0.2) is 35.5 Å². The van der Waals surface area contributed by atoms with E-state index in [1.54, 1.807) is 0 Å². The maximum absolute atomic E-state index is 13.1. The van der Waals surface area contributed by atoms with Crippen LogP contribution in [0.2, 0.25) is 0 Å². The van der Waals surface area contributed by atoms with Gasteiger partial charge in [0.2, 0.25) is 0 Å². The topological polar surface area (TPSA) is 91.2 Å². The number of ether oxygens (including phenoxy) is 1. The van der Waals surface area contributed by atoms with Gasteiger partial charge in [0.25, 0.3) is 5.56 Å². The number of hydrogen-bond acceptors (Lipinski definition) is 6. The Balaban J connectivity index is 2.23. The lowest BCUT2D eigenvalue weighted by Gasteiger charge is -2.14. The van der Waals surface area contributed by atoms with Crippen LogP contribution in [0.4, 0.5) is 13.2 Å². The number of hydrogen-bond donors (Lipinski definition) is 0. The molecule has 11 heteroatoms. The van der Waals surface area contributed by atoms with Gasteiger partial charge in [0.15, 0.2) is 15.7 Å². The summed E-state index contributed by atoms with van der Waals surface area (Å²) in [7, 11) is -3.86. The Morgan fingerprint density at radius 3 is 2.48 bits per heavy atom. The molecule has 0 radical (unpaired) electrons. The Morgan fingerprint density at radius 1 is 1.16 bits per heavy atom. The van der Waals surface area contributed by atoms with E-state index in [1.165, 1.54) is 25.4 Å². The van der Waals surface area contributed by atoms with Gasteiger partial charge in [-0.3, -0.25) is 4.79 Å². The third-order valence-electron chi connectivity index (χ3n) is 4.42. The Hall–Kier alpha value is -2.95. The average Bonchev–Trinajstić information content (AvgIpc) is 2.71. The molecule has 0 aliphatic heterocycles. The smallest absolute Gasteiger partial charge is 0.416 e. The third-order valence-corrected chi connectivity index (χ3v) is 6.15. The van der Waals surface area contributed by atoms with Gasteiger partial charge in [-0.25, -0.2) is 13.4 Å². The van der Waals surface area contributed by atoms with E-state index in [4.69, 9.17) is 4.74 Å². The van der Waals surface area contributed by atoms with Crippen LogP contribution in [0.1, 0.15) is 26.3 Å². The lowest BCUT2D eigenvalue weighted by Crippen LogP contribution is -2.25. The summed E-state index contributed by atoms with van der Waals surface area (Å²) in [6, 6.07) is 3.94. The van der Waals surface area contributed by atoms with Crippen molar-refractivity contribution < 1.29 is 26.3 Å². The summed E-state index contributed by atoms with van der Waals surface area (Å²) in [6.07, 6.45) is -2.21. The van der Waals surface area contributed by atoms with Crippen LogP contribution < -0.4 is 10.3 Å². The number of pyridine rings is 1.